The second kappa shape index (κ2) is 11.8. The molecule has 1 amide bonds. The molecule has 0 aliphatic carbocycles. The fourth-order valence-electron chi connectivity index (χ4n) is 4.49. The van der Waals surface area contributed by atoms with E-state index in [-0.39, 0.29) is 18.4 Å². The molecule has 0 saturated carbocycles. The molecule has 9 heteroatoms. The molecule has 1 unspecified atom stereocenters. The van der Waals surface area contributed by atoms with Crippen LogP contribution in [-0.2, 0) is 20.9 Å². The van der Waals surface area contributed by atoms with Crippen molar-refractivity contribution in [3.8, 4) is 11.5 Å². The van der Waals surface area contributed by atoms with Gasteiger partial charge in [-0.2, -0.15) is 0 Å². The lowest BCUT2D eigenvalue weighted by molar-refractivity contribution is -0.143. The fourth-order valence-corrected chi connectivity index (χ4v) is 5.46. The number of esters is 1. The quantitative estimate of drug-likeness (QED) is 0.404. The van der Waals surface area contributed by atoms with Crippen LogP contribution in [0.25, 0.3) is 0 Å². The van der Waals surface area contributed by atoms with E-state index >= 15 is 0 Å². The zero-order chi connectivity index (χ0) is 27.4. The van der Waals surface area contributed by atoms with Crippen LogP contribution in [0, 0.1) is 0 Å². The lowest BCUT2D eigenvalue weighted by Gasteiger charge is -2.37. The number of aliphatic imine (C=N–C) groups is 1. The van der Waals surface area contributed by atoms with Crippen molar-refractivity contribution in [1.29, 1.82) is 0 Å². The Bertz CT molecular complexity index is 1300. The molecule has 0 aromatic heterocycles. The van der Waals surface area contributed by atoms with Crippen molar-refractivity contribution in [2.45, 2.75) is 45.9 Å². The van der Waals surface area contributed by atoms with Gasteiger partial charge in [-0.3, -0.25) is 4.79 Å². The van der Waals surface area contributed by atoms with Gasteiger partial charge in [0.05, 0.1) is 44.1 Å². The Kier molecular flexibility index (Phi) is 8.46. The largest absolute Gasteiger partial charge is 0.497 e. The van der Waals surface area contributed by atoms with Crippen LogP contribution >= 0.6 is 11.8 Å². The normalized spacial score (nSPS) is 16.6. The van der Waals surface area contributed by atoms with Crippen molar-refractivity contribution in [3.05, 3.63) is 82.0 Å². The van der Waals surface area contributed by atoms with Crippen LogP contribution in [0.15, 0.2) is 75.9 Å². The first-order chi connectivity index (χ1) is 18.2. The number of ether oxygens (including phenoxy) is 3. The summed E-state index contributed by atoms with van der Waals surface area (Å²) < 4.78 is 16.9. The first kappa shape index (κ1) is 27.3. The number of allylic oxidation sites excluding steroid dienone is 1. The van der Waals surface area contributed by atoms with Gasteiger partial charge in [0.25, 0.3) is 0 Å². The predicted molar refractivity (Wildman–Crippen MR) is 149 cm³/mol. The molecule has 4 rings (SSSR count). The maximum atomic E-state index is 13.4. The maximum absolute atomic E-state index is 13.4. The van der Waals surface area contributed by atoms with Crippen LogP contribution in [0.5, 0.6) is 11.5 Å². The molecule has 0 spiro atoms. The molecule has 2 aromatic carbocycles. The van der Waals surface area contributed by atoms with E-state index in [1.54, 1.807) is 39.2 Å². The molecule has 2 aliphatic heterocycles. The molecular weight excluding hydrogens is 502 g/mol. The summed E-state index contributed by atoms with van der Waals surface area (Å²) in [6.45, 7) is 5.92. The Morgan fingerprint density at radius 2 is 1.84 bits per heavy atom. The molecule has 38 heavy (non-hydrogen) atoms. The standard InChI is InChI=1S/C29H33N3O5S/c1-18(2)37-28(34)26-19(3)30-29-32(27(26)23-15-22(35-5)12-13-24(23)36-6)21(17-38-29)14-25(33)31(4)16-20-10-8-7-9-11-20/h7-13,15,17-18,27H,14,16H2,1-6H3. The highest BCUT2D eigenvalue weighted by Gasteiger charge is 2.42. The lowest BCUT2D eigenvalue weighted by atomic mass is 9.92. The smallest absolute Gasteiger partial charge is 0.338 e. The Hall–Kier alpha value is -3.72. The van der Waals surface area contributed by atoms with E-state index in [4.69, 9.17) is 19.2 Å². The summed E-state index contributed by atoms with van der Waals surface area (Å²) in [6, 6.07) is 14.7. The predicted octanol–water partition coefficient (Wildman–Crippen LogP) is 5.28. The monoisotopic (exact) mass is 535 g/mol. The van der Waals surface area contributed by atoms with Crippen molar-refractivity contribution < 1.29 is 23.8 Å². The molecule has 2 aliphatic rings. The number of rotatable bonds is 9. The third-order valence-corrected chi connectivity index (χ3v) is 7.20. The Balaban J connectivity index is 1.72. The highest BCUT2D eigenvalue weighted by molar-refractivity contribution is 8.16. The highest BCUT2D eigenvalue weighted by atomic mass is 32.2. The molecule has 200 valence electrons. The summed E-state index contributed by atoms with van der Waals surface area (Å²) in [5.74, 6) is 0.702. The molecule has 0 bridgehead atoms. The Morgan fingerprint density at radius 3 is 2.50 bits per heavy atom. The summed E-state index contributed by atoms with van der Waals surface area (Å²) in [6.07, 6.45) is -0.166. The van der Waals surface area contributed by atoms with Crippen LogP contribution in [0.4, 0.5) is 0 Å². The maximum Gasteiger partial charge on any atom is 0.338 e. The van der Waals surface area contributed by atoms with Gasteiger partial charge in [0.2, 0.25) is 5.91 Å². The summed E-state index contributed by atoms with van der Waals surface area (Å²) >= 11 is 1.43. The van der Waals surface area contributed by atoms with Gasteiger partial charge >= 0.3 is 5.97 Å². The topological polar surface area (TPSA) is 80.7 Å². The zero-order valence-corrected chi connectivity index (χ0v) is 23.4. The molecule has 0 saturated heterocycles. The van der Waals surface area contributed by atoms with E-state index in [1.165, 1.54) is 11.8 Å². The van der Waals surface area contributed by atoms with Crippen molar-refractivity contribution in [2.75, 3.05) is 21.3 Å². The van der Waals surface area contributed by atoms with Crippen LogP contribution in [0.3, 0.4) is 0 Å². The molecule has 1 atom stereocenters. The van der Waals surface area contributed by atoms with Gasteiger partial charge in [-0.05, 0) is 49.9 Å². The van der Waals surface area contributed by atoms with Crippen LogP contribution in [0.1, 0.15) is 44.4 Å². The minimum Gasteiger partial charge on any atom is -0.497 e. The number of hydrogen-bond donors (Lipinski definition) is 0. The molecule has 0 N–H and O–H groups in total. The first-order valence-corrected chi connectivity index (χ1v) is 13.3. The number of fused-ring (bicyclic) bond motifs is 1. The van der Waals surface area contributed by atoms with E-state index in [0.717, 1.165) is 11.3 Å². The van der Waals surface area contributed by atoms with Gasteiger partial charge in [0.1, 0.15) is 11.5 Å². The van der Waals surface area contributed by atoms with Crippen molar-refractivity contribution in [3.63, 3.8) is 0 Å². The SMILES string of the molecule is COc1ccc(OC)c(C2C(C(=O)OC(C)C)=C(C)N=C3SC=C(CC(=O)N(C)Cc4ccccc4)N32)c1. The second-order valence-corrected chi connectivity index (χ2v) is 10.2. The number of methoxy groups -OCH3 is 2. The average molecular weight is 536 g/mol. The van der Waals surface area contributed by atoms with Crippen LogP contribution in [-0.4, -0.2) is 54.2 Å². The van der Waals surface area contributed by atoms with E-state index in [2.05, 4.69) is 0 Å². The third-order valence-electron chi connectivity index (χ3n) is 6.32. The van der Waals surface area contributed by atoms with Gasteiger partial charge in [0.15, 0.2) is 5.17 Å². The summed E-state index contributed by atoms with van der Waals surface area (Å²) in [4.78, 5) is 35.1. The van der Waals surface area contributed by atoms with Crippen molar-refractivity contribution in [1.82, 2.24) is 9.80 Å². The van der Waals surface area contributed by atoms with Gasteiger partial charge in [-0.1, -0.05) is 42.1 Å². The lowest BCUT2D eigenvalue weighted by Crippen LogP contribution is -2.38. The molecule has 2 heterocycles. The number of amides is 1. The Labute approximate surface area is 228 Å². The first-order valence-electron chi connectivity index (χ1n) is 12.4. The van der Waals surface area contributed by atoms with Crippen molar-refractivity contribution in [2.24, 2.45) is 4.99 Å². The number of benzene rings is 2. The molecular formula is C29H33N3O5S. The van der Waals surface area contributed by atoms with E-state index in [1.807, 2.05) is 66.6 Å². The minimum atomic E-state index is -0.618. The van der Waals surface area contributed by atoms with Crippen LogP contribution < -0.4 is 9.47 Å². The third kappa shape index (κ3) is 5.72. The zero-order valence-electron chi connectivity index (χ0n) is 22.6. The number of carbonyl (C=O) groups excluding carboxylic acids is 2. The number of thioether (sulfide) groups is 1. The minimum absolute atomic E-state index is 0.0455. The van der Waals surface area contributed by atoms with Gasteiger partial charge in [-0.25, -0.2) is 9.79 Å². The molecule has 0 radical (unpaired) electrons. The van der Waals surface area contributed by atoms with E-state index in [0.29, 0.717) is 40.0 Å². The van der Waals surface area contributed by atoms with E-state index in [9.17, 15) is 9.59 Å². The highest BCUT2D eigenvalue weighted by Crippen LogP contribution is 2.47. The summed E-state index contributed by atoms with van der Waals surface area (Å²) in [7, 11) is 4.97. The average Bonchev–Trinajstić information content (AvgIpc) is 3.29. The van der Waals surface area contributed by atoms with Gasteiger partial charge in [0, 0.05) is 24.9 Å². The number of hydrogen-bond acceptors (Lipinski definition) is 8. The second-order valence-electron chi connectivity index (χ2n) is 9.37. The Morgan fingerprint density at radius 1 is 1.11 bits per heavy atom. The van der Waals surface area contributed by atoms with Gasteiger partial charge < -0.3 is 24.0 Å². The number of amidine groups is 1. The number of carbonyl (C=O) groups is 2. The van der Waals surface area contributed by atoms with Crippen molar-refractivity contribution >= 4 is 28.8 Å². The molecule has 0 fully saturated rings. The summed E-state index contributed by atoms with van der Waals surface area (Å²) in [5, 5.41) is 2.61. The number of nitrogens with zero attached hydrogens (tertiary/aromatic N) is 3. The summed E-state index contributed by atoms with van der Waals surface area (Å²) in [5.41, 5.74) is 3.47. The van der Waals surface area contributed by atoms with Gasteiger partial charge in [-0.15, -0.1) is 0 Å². The molecule has 8 nitrogen and oxygen atoms in total. The van der Waals surface area contributed by atoms with E-state index < -0.39 is 12.0 Å². The molecule has 2 aromatic rings. The fraction of sp³-hybridized carbons (Fsp3) is 0.345. The van der Waals surface area contributed by atoms with Crippen LogP contribution in [0.2, 0.25) is 0 Å².